The maximum absolute atomic E-state index is 5.89. The van der Waals surface area contributed by atoms with Crippen LogP contribution in [0.25, 0.3) is 0 Å². The zero-order chi connectivity index (χ0) is 9.61. The third kappa shape index (κ3) is 3.12. The summed E-state index contributed by atoms with van der Waals surface area (Å²) in [6, 6.07) is 0. The Labute approximate surface area is 85.4 Å². The van der Waals surface area contributed by atoms with Gasteiger partial charge in [0.1, 0.15) is 0 Å². The van der Waals surface area contributed by atoms with Gasteiger partial charge >= 0.3 is 0 Å². The topological polar surface area (TPSA) is 9.23 Å². The van der Waals surface area contributed by atoms with Crippen LogP contribution in [0.5, 0.6) is 0 Å². The van der Waals surface area contributed by atoms with Gasteiger partial charge in [0.2, 0.25) is 0 Å². The molecule has 0 radical (unpaired) electrons. The summed E-state index contributed by atoms with van der Waals surface area (Å²) in [6.07, 6.45) is 0. The minimum Gasteiger partial charge on any atom is -0.381 e. The zero-order valence-electron chi connectivity index (χ0n) is 8.07. The first kappa shape index (κ1) is 12.5. The molecule has 0 aliphatic carbocycles. The number of hydrogen-bond acceptors (Lipinski definition) is 1. The predicted molar refractivity (Wildman–Crippen MR) is 55.2 cm³/mol. The van der Waals surface area contributed by atoms with Crippen molar-refractivity contribution in [3.8, 4) is 0 Å². The number of alkyl halides is 2. The lowest BCUT2D eigenvalue weighted by Gasteiger charge is -2.33. The largest absolute Gasteiger partial charge is 0.381 e. The predicted octanol–water partition coefficient (Wildman–Crippen LogP) is 3.14. The highest BCUT2D eigenvalue weighted by Gasteiger charge is 2.32. The second-order valence-corrected chi connectivity index (χ2v) is 3.96. The SMILES string of the molecule is CCOCC(CCl)(CCl)C(C)C. The summed E-state index contributed by atoms with van der Waals surface area (Å²) >= 11 is 11.8. The molecule has 0 unspecified atom stereocenters. The van der Waals surface area contributed by atoms with Gasteiger partial charge in [-0.2, -0.15) is 0 Å². The fourth-order valence-electron chi connectivity index (χ4n) is 0.893. The van der Waals surface area contributed by atoms with Crippen LogP contribution in [0, 0.1) is 11.3 Å². The van der Waals surface area contributed by atoms with Gasteiger partial charge in [-0.3, -0.25) is 0 Å². The Kier molecular flexibility index (Phi) is 6.34. The summed E-state index contributed by atoms with van der Waals surface area (Å²) in [5.74, 6) is 1.58. The fourth-order valence-corrected chi connectivity index (χ4v) is 1.95. The van der Waals surface area contributed by atoms with E-state index in [0.717, 1.165) is 6.61 Å². The molecule has 0 aromatic heterocycles. The highest BCUT2D eigenvalue weighted by atomic mass is 35.5. The molecule has 0 heterocycles. The van der Waals surface area contributed by atoms with Crippen LogP contribution >= 0.6 is 23.2 Å². The molecule has 0 aliphatic heterocycles. The van der Waals surface area contributed by atoms with E-state index in [2.05, 4.69) is 13.8 Å². The van der Waals surface area contributed by atoms with E-state index in [1.165, 1.54) is 0 Å². The van der Waals surface area contributed by atoms with Crippen molar-refractivity contribution in [3.63, 3.8) is 0 Å². The van der Waals surface area contributed by atoms with Gasteiger partial charge < -0.3 is 4.74 Å². The van der Waals surface area contributed by atoms with Gasteiger partial charge in [0.15, 0.2) is 0 Å². The van der Waals surface area contributed by atoms with Crippen molar-refractivity contribution in [2.24, 2.45) is 11.3 Å². The van der Waals surface area contributed by atoms with Gasteiger partial charge in [-0.1, -0.05) is 13.8 Å². The molecule has 0 aromatic rings. The molecule has 1 nitrogen and oxygen atoms in total. The van der Waals surface area contributed by atoms with Crippen LogP contribution in [0.1, 0.15) is 20.8 Å². The molecule has 12 heavy (non-hydrogen) atoms. The Bertz CT molecular complexity index is 111. The zero-order valence-corrected chi connectivity index (χ0v) is 9.58. The van der Waals surface area contributed by atoms with E-state index < -0.39 is 0 Å². The molecule has 0 spiro atoms. The Balaban J connectivity index is 4.15. The standard InChI is InChI=1S/C9H18Cl2O/c1-4-12-7-9(5-10,6-11)8(2)3/h8H,4-7H2,1-3H3. The van der Waals surface area contributed by atoms with Gasteiger partial charge in [0, 0.05) is 23.8 Å². The molecule has 74 valence electrons. The lowest BCUT2D eigenvalue weighted by molar-refractivity contribution is 0.0489. The summed E-state index contributed by atoms with van der Waals surface area (Å²) in [6.45, 7) is 7.62. The van der Waals surface area contributed by atoms with Crippen LogP contribution in [0.3, 0.4) is 0 Å². The van der Waals surface area contributed by atoms with Crippen LogP contribution < -0.4 is 0 Å². The van der Waals surface area contributed by atoms with E-state index in [1.54, 1.807) is 0 Å². The fraction of sp³-hybridized carbons (Fsp3) is 1.00. The van der Waals surface area contributed by atoms with Crippen LogP contribution in [0.15, 0.2) is 0 Å². The second-order valence-electron chi connectivity index (χ2n) is 3.42. The smallest absolute Gasteiger partial charge is 0.0547 e. The van der Waals surface area contributed by atoms with Crippen LogP contribution in [-0.4, -0.2) is 25.0 Å². The molecule has 0 amide bonds. The molecule has 0 atom stereocenters. The van der Waals surface area contributed by atoms with E-state index in [4.69, 9.17) is 27.9 Å². The monoisotopic (exact) mass is 212 g/mol. The Morgan fingerprint density at radius 1 is 1.25 bits per heavy atom. The van der Waals surface area contributed by atoms with E-state index >= 15 is 0 Å². The first-order chi connectivity index (χ1) is 5.63. The first-order valence-corrected chi connectivity index (χ1v) is 5.39. The van der Waals surface area contributed by atoms with Crippen molar-refractivity contribution < 1.29 is 4.74 Å². The summed E-state index contributed by atoms with van der Waals surface area (Å²) in [5, 5.41) is 0. The molecule has 0 saturated carbocycles. The Hall–Kier alpha value is 0.540. The van der Waals surface area contributed by atoms with E-state index in [-0.39, 0.29) is 5.41 Å². The average Bonchev–Trinajstić information content (AvgIpc) is 2.07. The van der Waals surface area contributed by atoms with Crippen LogP contribution in [0.2, 0.25) is 0 Å². The van der Waals surface area contributed by atoms with Gasteiger partial charge in [0.25, 0.3) is 0 Å². The van der Waals surface area contributed by atoms with Crippen molar-refractivity contribution in [3.05, 3.63) is 0 Å². The van der Waals surface area contributed by atoms with Gasteiger partial charge in [0.05, 0.1) is 6.61 Å². The number of halogens is 2. The molecule has 0 saturated heterocycles. The summed E-state index contributed by atoms with van der Waals surface area (Å²) in [5.41, 5.74) is -0.0564. The number of rotatable bonds is 6. The third-order valence-electron chi connectivity index (χ3n) is 2.35. The second kappa shape index (κ2) is 6.06. The maximum atomic E-state index is 5.89. The first-order valence-electron chi connectivity index (χ1n) is 4.32. The molecular formula is C9H18Cl2O. The molecule has 0 aromatic carbocycles. The van der Waals surface area contributed by atoms with Gasteiger partial charge in [-0.25, -0.2) is 0 Å². The van der Waals surface area contributed by atoms with E-state index in [1.807, 2.05) is 6.92 Å². The molecule has 0 rings (SSSR count). The average molecular weight is 213 g/mol. The number of ether oxygens (including phenoxy) is 1. The minimum atomic E-state index is -0.0564. The molecule has 0 bridgehead atoms. The Morgan fingerprint density at radius 3 is 2.00 bits per heavy atom. The van der Waals surface area contributed by atoms with Crippen molar-refractivity contribution in [1.29, 1.82) is 0 Å². The van der Waals surface area contributed by atoms with E-state index in [0.29, 0.717) is 24.3 Å². The lowest BCUT2D eigenvalue weighted by Crippen LogP contribution is -2.36. The summed E-state index contributed by atoms with van der Waals surface area (Å²) in [7, 11) is 0. The molecule has 0 N–H and O–H groups in total. The molecular weight excluding hydrogens is 195 g/mol. The lowest BCUT2D eigenvalue weighted by atomic mass is 9.81. The quantitative estimate of drug-likeness (QED) is 0.616. The summed E-state index contributed by atoms with van der Waals surface area (Å²) in [4.78, 5) is 0. The third-order valence-corrected chi connectivity index (χ3v) is 3.42. The minimum absolute atomic E-state index is 0.0564. The van der Waals surface area contributed by atoms with E-state index in [9.17, 15) is 0 Å². The van der Waals surface area contributed by atoms with Crippen LogP contribution in [-0.2, 0) is 4.74 Å². The van der Waals surface area contributed by atoms with Crippen molar-refractivity contribution >= 4 is 23.2 Å². The van der Waals surface area contributed by atoms with Crippen LogP contribution in [0.4, 0.5) is 0 Å². The molecule has 3 heteroatoms. The van der Waals surface area contributed by atoms with Crippen molar-refractivity contribution in [2.75, 3.05) is 25.0 Å². The number of hydrogen-bond donors (Lipinski definition) is 0. The van der Waals surface area contributed by atoms with Crippen molar-refractivity contribution in [1.82, 2.24) is 0 Å². The molecule has 0 fully saturated rings. The highest BCUT2D eigenvalue weighted by molar-refractivity contribution is 6.21. The van der Waals surface area contributed by atoms with Gasteiger partial charge in [-0.15, -0.1) is 23.2 Å². The summed E-state index contributed by atoms with van der Waals surface area (Å²) < 4.78 is 5.37. The Morgan fingerprint density at radius 2 is 1.75 bits per heavy atom. The van der Waals surface area contributed by atoms with Crippen molar-refractivity contribution in [2.45, 2.75) is 20.8 Å². The normalized spacial score (nSPS) is 12.5. The maximum Gasteiger partial charge on any atom is 0.0547 e. The highest BCUT2D eigenvalue weighted by Crippen LogP contribution is 2.31. The van der Waals surface area contributed by atoms with Gasteiger partial charge in [-0.05, 0) is 12.8 Å². The molecule has 0 aliphatic rings.